The minimum Gasteiger partial charge on any atom is -0.482 e. The molecular weight excluding hydrogens is 452 g/mol. The van der Waals surface area contributed by atoms with Gasteiger partial charge in [0.1, 0.15) is 5.75 Å². The van der Waals surface area contributed by atoms with Crippen LogP contribution in [0.2, 0.25) is 0 Å². The Hall–Kier alpha value is -3.20. The number of benzene rings is 2. The number of ether oxygens (including phenoxy) is 1. The van der Waals surface area contributed by atoms with Crippen molar-refractivity contribution in [1.29, 1.82) is 0 Å². The standard InChI is InChI=1S/C21H19BrN4O4/c1-2-9-26-16-8-5-14(10-17(16)29-12-18(26)27)19-24-21(30-25-19)20(28)23-11-13-3-6-15(22)7-4-13/h3-8,10H,2,9,11-12H2,1H3,(H,23,28). The number of anilines is 1. The number of nitrogens with zero attached hydrogens (tertiary/aromatic N) is 3. The first-order chi connectivity index (χ1) is 14.5. The second kappa shape index (κ2) is 8.66. The van der Waals surface area contributed by atoms with E-state index in [1.807, 2.05) is 31.2 Å². The number of rotatable bonds is 6. The van der Waals surface area contributed by atoms with Crippen LogP contribution in [-0.4, -0.2) is 35.1 Å². The van der Waals surface area contributed by atoms with Gasteiger partial charge in [-0.3, -0.25) is 9.59 Å². The molecule has 0 unspecified atom stereocenters. The zero-order valence-corrected chi connectivity index (χ0v) is 17.8. The summed E-state index contributed by atoms with van der Waals surface area (Å²) < 4.78 is 11.7. The van der Waals surface area contributed by atoms with E-state index in [2.05, 4.69) is 31.4 Å². The van der Waals surface area contributed by atoms with E-state index in [-0.39, 0.29) is 24.2 Å². The summed E-state index contributed by atoms with van der Waals surface area (Å²) in [5.74, 6) is 0.205. The number of carbonyl (C=O) groups is 2. The summed E-state index contributed by atoms with van der Waals surface area (Å²) in [5.41, 5.74) is 2.30. The molecule has 1 aliphatic rings. The molecule has 4 rings (SSSR count). The van der Waals surface area contributed by atoms with Crippen molar-refractivity contribution < 1.29 is 18.8 Å². The van der Waals surface area contributed by atoms with Crippen molar-refractivity contribution >= 4 is 33.4 Å². The van der Waals surface area contributed by atoms with Crippen LogP contribution in [0.3, 0.4) is 0 Å². The molecule has 1 N–H and O–H groups in total. The van der Waals surface area contributed by atoms with Gasteiger partial charge in [-0.1, -0.05) is 40.1 Å². The Bertz CT molecular complexity index is 1080. The Morgan fingerprint density at radius 3 is 2.80 bits per heavy atom. The van der Waals surface area contributed by atoms with E-state index < -0.39 is 5.91 Å². The van der Waals surface area contributed by atoms with Crippen molar-refractivity contribution in [3.8, 4) is 17.1 Å². The number of hydrogen-bond donors (Lipinski definition) is 1. The van der Waals surface area contributed by atoms with E-state index in [1.54, 1.807) is 23.1 Å². The average molecular weight is 471 g/mol. The third-order valence-corrected chi connectivity index (χ3v) is 5.12. The minimum absolute atomic E-state index is 0.00753. The Balaban J connectivity index is 1.48. The van der Waals surface area contributed by atoms with Gasteiger partial charge in [-0.2, -0.15) is 4.98 Å². The van der Waals surface area contributed by atoms with E-state index in [4.69, 9.17) is 9.26 Å². The maximum absolute atomic E-state index is 12.3. The highest BCUT2D eigenvalue weighted by Gasteiger charge is 2.26. The molecule has 0 saturated carbocycles. The number of nitrogens with one attached hydrogen (secondary N) is 1. The molecule has 0 radical (unpaired) electrons. The first-order valence-corrected chi connectivity index (χ1v) is 10.3. The zero-order valence-electron chi connectivity index (χ0n) is 16.2. The first-order valence-electron chi connectivity index (χ1n) is 9.49. The second-order valence-corrected chi connectivity index (χ2v) is 7.66. The van der Waals surface area contributed by atoms with Crippen LogP contribution in [-0.2, 0) is 11.3 Å². The lowest BCUT2D eigenvalue weighted by atomic mass is 10.1. The molecule has 2 amide bonds. The number of aromatic nitrogens is 2. The minimum atomic E-state index is -0.453. The number of fused-ring (bicyclic) bond motifs is 1. The summed E-state index contributed by atoms with van der Waals surface area (Å²) in [6, 6.07) is 12.9. The molecule has 154 valence electrons. The number of hydrogen-bond acceptors (Lipinski definition) is 6. The fraction of sp³-hybridized carbons (Fsp3) is 0.238. The number of halogens is 1. The molecule has 0 saturated heterocycles. The lowest BCUT2D eigenvalue weighted by Crippen LogP contribution is -2.39. The van der Waals surface area contributed by atoms with Gasteiger partial charge in [-0.15, -0.1) is 0 Å². The lowest BCUT2D eigenvalue weighted by Gasteiger charge is -2.29. The second-order valence-electron chi connectivity index (χ2n) is 6.75. The predicted molar refractivity (Wildman–Crippen MR) is 113 cm³/mol. The van der Waals surface area contributed by atoms with Crippen molar-refractivity contribution in [2.45, 2.75) is 19.9 Å². The van der Waals surface area contributed by atoms with Gasteiger partial charge < -0.3 is 19.5 Å². The normalized spacial score (nSPS) is 13.0. The molecule has 3 aromatic rings. The van der Waals surface area contributed by atoms with Crippen molar-refractivity contribution in [3.63, 3.8) is 0 Å². The quantitative estimate of drug-likeness (QED) is 0.591. The van der Waals surface area contributed by atoms with Crippen LogP contribution in [0.25, 0.3) is 11.4 Å². The average Bonchev–Trinajstić information content (AvgIpc) is 3.25. The number of amides is 2. The summed E-state index contributed by atoms with van der Waals surface area (Å²) in [5, 5.41) is 6.66. The van der Waals surface area contributed by atoms with Gasteiger partial charge in [0.05, 0.1) is 5.69 Å². The summed E-state index contributed by atoms with van der Waals surface area (Å²) in [4.78, 5) is 30.3. The Labute approximate surface area is 181 Å². The lowest BCUT2D eigenvalue weighted by molar-refractivity contribution is -0.121. The maximum atomic E-state index is 12.3. The van der Waals surface area contributed by atoms with Crippen LogP contribution >= 0.6 is 15.9 Å². The molecule has 30 heavy (non-hydrogen) atoms. The van der Waals surface area contributed by atoms with Crippen LogP contribution in [0, 0.1) is 0 Å². The fourth-order valence-electron chi connectivity index (χ4n) is 3.11. The molecule has 2 heterocycles. The van der Waals surface area contributed by atoms with Crippen molar-refractivity contribution in [2.75, 3.05) is 18.1 Å². The topological polar surface area (TPSA) is 97.6 Å². The highest BCUT2D eigenvalue weighted by molar-refractivity contribution is 9.10. The molecule has 0 fully saturated rings. The van der Waals surface area contributed by atoms with E-state index in [1.165, 1.54) is 0 Å². The van der Waals surface area contributed by atoms with Gasteiger partial charge in [0.15, 0.2) is 6.61 Å². The summed E-state index contributed by atoms with van der Waals surface area (Å²) in [7, 11) is 0. The maximum Gasteiger partial charge on any atom is 0.316 e. The SMILES string of the molecule is CCCN1C(=O)COc2cc(-c3noc(C(=O)NCc4ccc(Br)cc4)n3)ccc21. The predicted octanol–water partition coefficient (Wildman–Crippen LogP) is 3.56. The fourth-order valence-corrected chi connectivity index (χ4v) is 3.37. The molecule has 8 nitrogen and oxygen atoms in total. The van der Waals surface area contributed by atoms with Gasteiger partial charge in [0.2, 0.25) is 5.82 Å². The molecule has 1 aliphatic heterocycles. The van der Waals surface area contributed by atoms with Gasteiger partial charge in [0.25, 0.3) is 5.91 Å². The van der Waals surface area contributed by atoms with E-state index in [0.717, 1.165) is 16.5 Å². The van der Waals surface area contributed by atoms with E-state index >= 15 is 0 Å². The molecule has 0 atom stereocenters. The highest BCUT2D eigenvalue weighted by Crippen LogP contribution is 2.35. The van der Waals surface area contributed by atoms with E-state index in [9.17, 15) is 9.59 Å². The Kier molecular flexibility index (Phi) is 5.80. The van der Waals surface area contributed by atoms with E-state index in [0.29, 0.717) is 30.1 Å². The van der Waals surface area contributed by atoms with Crippen LogP contribution in [0.4, 0.5) is 5.69 Å². The smallest absolute Gasteiger partial charge is 0.316 e. The van der Waals surface area contributed by atoms with Gasteiger partial charge in [-0.05, 0) is 42.3 Å². The third-order valence-electron chi connectivity index (χ3n) is 4.59. The Morgan fingerprint density at radius 2 is 2.03 bits per heavy atom. The number of carbonyl (C=O) groups excluding carboxylic acids is 2. The first kappa shape index (κ1) is 20.1. The molecule has 0 spiro atoms. The van der Waals surface area contributed by atoms with Crippen LogP contribution in [0.1, 0.15) is 29.6 Å². The summed E-state index contributed by atoms with van der Waals surface area (Å²) in [6.07, 6.45) is 0.844. The molecule has 2 aromatic carbocycles. The monoisotopic (exact) mass is 470 g/mol. The molecule has 0 aliphatic carbocycles. The van der Waals surface area contributed by atoms with Crippen molar-refractivity contribution in [3.05, 3.63) is 58.4 Å². The van der Waals surface area contributed by atoms with Gasteiger partial charge in [0, 0.05) is 23.1 Å². The molecular formula is C21H19BrN4O4. The van der Waals surface area contributed by atoms with Crippen molar-refractivity contribution in [2.24, 2.45) is 0 Å². The van der Waals surface area contributed by atoms with Crippen LogP contribution in [0.15, 0.2) is 51.5 Å². The van der Waals surface area contributed by atoms with Gasteiger partial charge >= 0.3 is 11.8 Å². The van der Waals surface area contributed by atoms with Crippen LogP contribution in [0.5, 0.6) is 5.75 Å². The Morgan fingerprint density at radius 1 is 1.23 bits per heavy atom. The highest BCUT2D eigenvalue weighted by atomic mass is 79.9. The largest absolute Gasteiger partial charge is 0.482 e. The van der Waals surface area contributed by atoms with Crippen molar-refractivity contribution in [1.82, 2.24) is 15.5 Å². The molecule has 0 bridgehead atoms. The summed E-state index contributed by atoms with van der Waals surface area (Å²) in [6.45, 7) is 2.98. The molecule has 1 aromatic heterocycles. The van der Waals surface area contributed by atoms with Gasteiger partial charge in [-0.25, -0.2) is 0 Å². The molecule has 9 heteroatoms. The zero-order chi connectivity index (χ0) is 21.1. The third kappa shape index (κ3) is 4.20. The summed E-state index contributed by atoms with van der Waals surface area (Å²) >= 11 is 3.38. The van der Waals surface area contributed by atoms with Crippen LogP contribution < -0.4 is 15.0 Å².